The highest BCUT2D eigenvalue weighted by atomic mass is 16.5. The number of carbonyl (C=O) groups excluding carboxylic acids is 1. The van der Waals surface area contributed by atoms with Gasteiger partial charge in [0, 0.05) is 5.57 Å². The number of esters is 1. The number of hydrogen-bond donors (Lipinski definition) is 1. The Balaban J connectivity index is 2.16. The Labute approximate surface area is 129 Å². The van der Waals surface area contributed by atoms with Gasteiger partial charge in [-0.05, 0) is 11.1 Å². The molecule has 2 aromatic rings. The van der Waals surface area contributed by atoms with E-state index in [1.807, 2.05) is 60.7 Å². The van der Waals surface area contributed by atoms with Gasteiger partial charge in [-0.2, -0.15) is 5.10 Å². The number of hydrazone groups is 1. The second-order valence-corrected chi connectivity index (χ2v) is 5.02. The van der Waals surface area contributed by atoms with Crippen molar-refractivity contribution in [2.24, 2.45) is 5.10 Å². The molecule has 0 saturated heterocycles. The summed E-state index contributed by atoms with van der Waals surface area (Å²) in [5.41, 5.74) is 5.08. The van der Waals surface area contributed by atoms with E-state index < -0.39 is 11.5 Å². The summed E-state index contributed by atoms with van der Waals surface area (Å²) in [4.78, 5) is 11.9. The van der Waals surface area contributed by atoms with E-state index in [1.165, 1.54) is 7.11 Å². The monoisotopic (exact) mass is 292 g/mol. The molecule has 1 aliphatic heterocycles. The zero-order valence-electron chi connectivity index (χ0n) is 12.2. The van der Waals surface area contributed by atoms with E-state index in [1.54, 1.807) is 0 Å². The molecule has 0 aromatic heterocycles. The van der Waals surface area contributed by atoms with Gasteiger partial charge in [-0.3, -0.25) is 5.43 Å². The molecule has 0 bridgehead atoms. The third kappa shape index (κ3) is 2.00. The average Bonchev–Trinajstić information content (AvgIpc) is 2.94. The molecule has 0 saturated carbocycles. The maximum absolute atomic E-state index is 11.9. The molecule has 0 spiro atoms. The molecule has 4 heteroatoms. The molecule has 1 aliphatic rings. The van der Waals surface area contributed by atoms with Crippen molar-refractivity contribution in [3.05, 3.63) is 83.9 Å². The minimum absolute atomic E-state index is 0.218. The van der Waals surface area contributed by atoms with Gasteiger partial charge in [-0.1, -0.05) is 67.2 Å². The van der Waals surface area contributed by atoms with Gasteiger partial charge in [0.05, 0.1) is 7.11 Å². The predicted octanol–water partition coefficient (Wildman–Crippen LogP) is 2.62. The van der Waals surface area contributed by atoms with Crippen LogP contribution in [-0.2, 0) is 15.1 Å². The first-order valence-corrected chi connectivity index (χ1v) is 6.94. The third-order valence-electron chi connectivity index (χ3n) is 3.87. The van der Waals surface area contributed by atoms with Crippen LogP contribution in [0.1, 0.15) is 11.1 Å². The third-order valence-corrected chi connectivity index (χ3v) is 3.87. The minimum atomic E-state index is -0.758. The summed E-state index contributed by atoms with van der Waals surface area (Å²) in [6.07, 6.45) is 0. The van der Waals surface area contributed by atoms with Gasteiger partial charge in [0.25, 0.3) is 0 Å². The van der Waals surface area contributed by atoms with E-state index in [-0.39, 0.29) is 5.71 Å². The van der Waals surface area contributed by atoms with Crippen molar-refractivity contribution >= 4 is 11.7 Å². The highest BCUT2D eigenvalue weighted by molar-refractivity contribution is 6.44. The minimum Gasteiger partial charge on any atom is -0.464 e. The number of carbonyl (C=O) groups is 1. The standard InChI is InChI=1S/C18H16N2O2/c1-13-16(17(21)22-2)19-20-18(13,14-9-5-3-6-10-14)15-11-7-4-8-12-15/h3-12,20H,1H2,2H3. The fraction of sp³-hybridized carbons (Fsp3) is 0.111. The Morgan fingerprint density at radius 2 is 1.55 bits per heavy atom. The zero-order valence-corrected chi connectivity index (χ0v) is 12.2. The van der Waals surface area contributed by atoms with Crippen LogP contribution in [0.5, 0.6) is 0 Å². The summed E-state index contributed by atoms with van der Waals surface area (Å²) in [5.74, 6) is -0.494. The van der Waals surface area contributed by atoms with Gasteiger partial charge < -0.3 is 4.74 Å². The number of methoxy groups -OCH3 is 1. The van der Waals surface area contributed by atoms with Gasteiger partial charge in [-0.15, -0.1) is 0 Å². The van der Waals surface area contributed by atoms with Crippen molar-refractivity contribution in [1.82, 2.24) is 5.43 Å². The molecule has 110 valence electrons. The van der Waals surface area contributed by atoms with Crippen molar-refractivity contribution in [1.29, 1.82) is 0 Å². The smallest absolute Gasteiger partial charge is 0.358 e. The molecule has 3 rings (SSSR count). The fourth-order valence-electron chi connectivity index (χ4n) is 2.74. The van der Waals surface area contributed by atoms with Gasteiger partial charge in [0.1, 0.15) is 5.54 Å². The first kappa shape index (κ1) is 14.1. The van der Waals surface area contributed by atoms with Gasteiger partial charge in [-0.25, -0.2) is 4.79 Å². The number of rotatable bonds is 3. The lowest BCUT2D eigenvalue weighted by molar-refractivity contribution is -0.132. The molecule has 4 nitrogen and oxygen atoms in total. The van der Waals surface area contributed by atoms with Crippen LogP contribution in [0.3, 0.4) is 0 Å². The Kier molecular flexibility index (Phi) is 3.51. The molecule has 22 heavy (non-hydrogen) atoms. The average molecular weight is 292 g/mol. The van der Waals surface area contributed by atoms with Gasteiger partial charge in [0.2, 0.25) is 0 Å². The van der Waals surface area contributed by atoms with Crippen molar-refractivity contribution in [2.75, 3.05) is 7.11 Å². The van der Waals surface area contributed by atoms with Gasteiger partial charge in [0.15, 0.2) is 5.71 Å². The van der Waals surface area contributed by atoms with Crippen LogP contribution in [0, 0.1) is 0 Å². The van der Waals surface area contributed by atoms with Crippen molar-refractivity contribution < 1.29 is 9.53 Å². The molecule has 0 radical (unpaired) electrons. The number of hydrogen-bond acceptors (Lipinski definition) is 4. The lowest BCUT2D eigenvalue weighted by Gasteiger charge is -2.31. The van der Waals surface area contributed by atoms with Crippen LogP contribution < -0.4 is 5.43 Å². The second kappa shape index (κ2) is 5.48. The molecule has 0 atom stereocenters. The van der Waals surface area contributed by atoms with E-state index in [0.717, 1.165) is 11.1 Å². The molecular formula is C18H16N2O2. The summed E-state index contributed by atoms with van der Waals surface area (Å²) < 4.78 is 4.80. The quantitative estimate of drug-likeness (QED) is 0.885. The first-order chi connectivity index (χ1) is 10.7. The molecule has 0 aliphatic carbocycles. The number of ether oxygens (including phenoxy) is 1. The van der Waals surface area contributed by atoms with E-state index in [4.69, 9.17) is 4.74 Å². The Hall–Kier alpha value is -2.88. The number of nitrogens with one attached hydrogen (secondary N) is 1. The zero-order chi connectivity index (χ0) is 15.6. The van der Waals surface area contributed by atoms with Crippen molar-refractivity contribution in [2.45, 2.75) is 5.54 Å². The van der Waals surface area contributed by atoms with Crippen LogP contribution >= 0.6 is 0 Å². The fourth-order valence-corrected chi connectivity index (χ4v) is 2.74. The summed E-state index contributed by atoms with van der Waals surface area (Å²) in [5, 5.41) is 4.19. The van der Waals surface area contributed by atoms with E-state index in [2.05, 4.69) is 17.1 Å². The van der Waals surface area contributed by atoms with E-state index in [9.17, 15) is 4.79 Å². The summed E-state index contributed by atoms with van der Waals surface area (Å²) in [7, 11) is 1.34. The Morgan fingerprint density at radius 3 is 2.00 bits per heavy atom. The Bertz CT molecular complexity index is 697. The number of benzene rings is 2. The maximum Gasteiger partial charge on any atom is 0.358 e. The molecule has 1 N–H and O–H groups in total. The molecule has 1 heterocycles. The lowest BCUT2D eigenvalue weighted by Crippen LogP contribution is -2.39. The number of nitrogens with zero attached hydrogens (tertiary/aromatic N) is 1. The molecule has 2 aromatic carbocycles. The molecular weight excluding hydrogens is 276 g/mol. The molecule has 0 unspecified atom stereocenters. The summed E-state index contributed by atoms with van der Waals surface area (Å²) >= 11 is 0. The highest BCUT2D eigenvalue weighted by Crippen LogP contribution is 2.39. The van der Waals surface area contributed by atoms with Crippen LogP contribution in [0.25, 0.3) is 0 Å². The van der Waals surface area contributed by atoms with Crippen molar-refractivity contribution in [3.63, 3.8) is 0 Å². The lowest BCUT2D eigenvalue weighted by atomic mass is 9.77. The van der Waals surface area contributed by atoms with Crippen LogP contribution in [0.15, 0.2) is 77.9 Å². The molecule has 0 fully saturated rings. The second-order valence-electron chi connectivity index (χ2n) is 5.02. The normalized spacial score (nSPS) is 15.9. The van der Waals surface area contributed by atoms with Crippen molar-refractivity contribution in [3.8, 4) is 0 Å². The highest BCUT2D eigenvalue weighted by Gasteiger charge is 2.45. The van der Waals surface area contributed by atoms with E-state index in [0.29, 0.717) is 5.57 Å². The summed E-state index contributed by atoms with van der Waals surface area (Å²) in [6, 6.07) is 19.6. The van der Waals surface area contributed by atoms with Crippen LogP contribution in [0.4, 0.5) is 0 Å². The maximum atomic E-state index is 11.9. The van der Waals surface area contributed by atoms with Crippen LogP contribution in [-0.4, -0.2) is 18.8 Å². The predicted molar refractivity (Wildman–Crippen MR) is 85.4 cm³/mol. The largest absolute Gasteiger partial charge is 0.464 e. The van der Waals surface area contributed by atoms with Crippen LogP contribution in [0.2, 0.25) is 0 Å². The molecule has 0 amide bonds. The topological polar surface area (TPSA) is 50.7 Å². The summed E-state index contributed by atoms with van der Waals surface area (Å²) in [6.45, 7) is 4.12. The Morgan fingerprint density at radius 1 is 1.05 bits per heavy atom. The SMILES string of the molecule is C=C1C(C(=O)OC)=NNC1(c1ccccc1)c1ccccc1. The van der Waals surface area contributed by atoms with Gasteiger partial charge >= 0.3 is 5.97 Å². The first-order valence-electron chi connectivity index (χ1n) is 6.94. The van der Waals surface area contributed by atoms with E-state index >= 15 is 0 Å².